The third kappa shape index (κ3) is 3.29. The van der Waals surface area contributed by atoms with Crippen LogP contribution >= 0.6 is 0 Å². The normalized spacial score (nSPS) is 11.6. The Morgan fingerprint density at radius 1 is 1.26 bits per heavy atom. The van der Waals surface area contributed by atoms with Gasteiger partial charge >= 0.3 is 0 Å². The minimum absolute atomic E-state index is 0.0223. The highest BCUT2D eigenvalue weighted by molar-refractivity contribution is 7.91. The first kappa shape index (κ1) is 17.2. The van der Waals surface area contributed by atoms with Crippen LogP contribution in [0.25, 0.3) is 5.69 Å². The van der Waals surface area contributed by atoms with E-state index in [1.165, 1.54) is 13.0 Å². The fourth-order valence-corrected chi connectivity index (χ4v) is 4.13. The highest BCUT2D eigenvalue weighted by Gasteiger charge is 2.22. The van der Waals surface area contributed by atoms with Gasteiger partial charge in [0.2, 0.25) is 0 Å². The van der Waals surface area contributed by atoms with E-state index in [2.05, 4.69) is 5.10 Å². The first-order chi connectivity index (χ1) is 10.8. The lowest BCUT2D eigenvalue weighted by Crippen LogP contribution is -2.21. The van der Waals surface area contributed by atoms with Gasteiger partial charge in [0.05, 0.1) is 16.3 Å². The van der Waals surface area contributed by atoms with Gasteiger partial charge in [0.25, 0.3) is 5.56 Å². The number of carbonyl (C=O) groups excluding carboxylic acids is 1. The summed E-state index contributed by atoms with van der Waals surface area (Å²) < 4.78 is 26.2. The maximum absolute atomic E-state index is 12.5. The van der Waals surface area contributed by atoms with Crippen molar-refractivity contribution < 1.29 is 13.2 Å². The number of aromatic nitrogens is 2. The lowest BCUT2D eigenvalue weighted by Gasteiger charge is -2.10. The van der Waals surface area contributed by atoms with Gasteiger partial charge in [0, 0.05) is 5.69 Å². The van der Waals surface area contributed by atoms with Gasteiger partial charge < -0.3 is 0 Å². The first-order valence-electron chi connectivity index (χ1n) is 7.44. The molecule has 6 nitrogen and oxygen atoms in total. The van der Waals surface area contributed by atoms with Gasteiger partial charge in [-0.25, -0.2) is 13.1 Å². The molecule has 0 unspecified atom stereocenters. The van der Waals surface area contributed by atoms with Gasteiger partial charge in [-0.3, -0.25) is 14.7 Å². The molecular weight excluding hydrogens is 316 g/mol. The summed E-state index contributed by atoms with van der Waals surface area (Å²) in [6.07, 6.45) is 1.31. The zero-order chi connectivity index (χ0) is 17.2. The number of aromatic amines is 1. The summed E-state index contributed by atoms with van der Waals surface area (Å²) in [5, 5.41) is 2.80. The minimum Gasteiger partial charge on any atom is -0.295 e. The summed E-state index contributed by atoms with van der Waals surface area (Å²) in [6.45, 7) is 4.84. The van der Waals surface area contributed by atoms with Crippen molar-refractivity contribution in [3.05, 3.63) is 45.9 Å². The Morgan fingerprint density at radius 2 is 1.91 bits per heavy atom. The van der Waals surface area contributed by atoms with E-state index < -0.39 is 15.4 Å². The van der Waals surface area contributed by atoms with Crippen LogP contribution in [0.3, 0.4) is 0 Å². The van der Waals surface area contributed by atoms with E-state index in [-0.39, 0.29) is 27.7 Å². The van der Waals surface area contributed by atoms with Crippen molar-refractivity contribution in [2.45, 2.75) is 38.5 Å². The molecule has 1 aromatic heterocycles. The highest BCUT2D eigenvalue weighted by atomic mass is 32.2. The molecule has 0 amide bonds. The molecular formula is C16H20N2O4S. The zero-order valence-corrected chi connectivity index (χ0v) is 14.2. The van der Waals surface area contributed by atoms with Gasteiger partial charge in [-0.05, 0) is 32.4 Å². The van der Waals surface area contributed by atoms with Crippen molar-refractivity contribution >= 4 is 15.6 Å². The summed E-state index contributed by atoms with van der Waals surface area (Å²) in [7, 11) is -3.51. The molecule has 0 radical (unpaired) electrons. The highest BCUT2D eigenvalue weighted by Crippen LogP contribution is 2.21. The number of Topliss-reactive ketones (excluding diaryl/α,β-unsaturated/α-hetero) is 1. The fourth-order valence-electron chi connectivity index (χ4n) is 2.48. The Morgan fingerprint density at radius 3 is 2.48 bits per heavy atom. The van der Waals surface area contributed by atoms with E-state index >= 15 is 0 Å². The van der Waals surface area contributed by atoms with Crippen LogP contribution < -0.4 is 5.56 Å². The van der Waals surface area contributed by atoms with Gasteiger partial charge in [-0.1, -0.05) is 25.5 Å². The van der Waals surface area contributed by atoms with Gasteiger partial charge in [0.15, 0.2) is 15.6 Å². The number of rotatable bonds is 6. The Labute approximate surface area is 135 Å². The van der Waals surface area contributed by atoms with Crippen molar-refractivity contribution in [1.29, 1.82) is 0 Å². The molecule has 1 aromatic carbocycles. The average Bonchev–Trinajstić information content (AvgIpc) is 2.80. The van der Waals surface area contributed by atoms with Gasteiger partial charge in [-0.15, -0.1) is 0 Å². The van der Waals surface area contributed by atoms with E-state index in [4.69, 9.17) is 0 Å². The molecule has 1 N–H and O–H groups in total. The summed E-state index contributed by atoms with van der Waals surface area (Å²) in [5.74, 6) is -0.331. The number of H-pyrrole nitrogens is 1. The SMILES string of the molecule is CCCCS(=O)(=O)c1ccccc1-n1[nH]c(C)c(C(C)=O)c1=O. The molecule has 2 aromatic rings. The van der Waals surface area contributed by atoms with Crippen LogP contribution in [-0.2, 0) is 9.84 Å². The van der Waals surface area contributed by atoms with Crippen LogP contribution in [0.5, 0.6) is 0 Å². The van der Waals surface area contributed by atoms with Crippen LogP contribution in [0.4, 0.5) is 0 Å². The first-order valence-corrected chi connectivity index (χ1v) is 9.09. The molecule has 0 atom stereocenters. The molecule has 0 bridgehead atoms. The molecule has 23 heavy (non-hydrogen) atoms. The number of nitrogens with zero attached hydrogens (tertiary/aromatic N) is 1. The second-order valence-electron chi connectivity index (χ2n) is 5.45. The predicted octanol–water partition coefficient (Wildman–Crippen LogP) is 2.25. The zero-order valence-electron chi connectivity index (χ0n) is 13.4. The lowest BCUT2D eigenvalue weighted by atomic mass is 10.2. The Kier molecular flexibility index (Phi) is 4.89. The van der Waals surface area contributed by atoms with Crippen molar-refractivity contribution in [2.75, 3.05) is 5.75 Å². The van der Waals surface area contributed by atoms with Crippen molar-refractivity contribution in [3.8, 4) is 5.69 Å². The minimum atomic E-state index is -3.51. The van der Waals surface area contributed by atoms with Crippen molar-refractivity contribution in [1.82, 2.24) is 9.78 Å². The summed E-state index contributed by atoms with van der Waals surface area (Å²) in [4.78, 5) is 24.1. The standard InChI is InChI=1S/C16H20N2O4S/c1-4-5-10-23(21,22)14-9-7-6-8-13(14)18-16(20)15(12(3)19)11(2)17-18/h6-9,17H,4-5,10H2,1-3H3. The maximum atomic E-state index is 12.5. The molecule has 2 rings (SSSR count). The number of sulfone groups is 1. The second kappa shape index (κ2) is 6.54. The fraction of sp³-hybridized carbons (Fsp3) is 0.375. The molecule has 0 spiro atoms. The molecule has 124 valence electrons. The molecule has 0 saturated heterocycles. The van der Waals surface area contributed by atoms with Gasteiger partial charge in [-0.2, -0.15) is 0 Å². The van der Waals surface area contributed by atoms with Crippen LogP contribution in [-0.4, -0.2) is 29.7 Å². The number of benzene rings is 1. The Hall–Kier alpha value is -2.15. The number of unbranched alkanes of at least 4 members (excludes halogenated alkanes) is 1. The molecule has 0 aliphatic carbocycles. The van der Waals surface area contributed by atoms with E-state index in [1.807, 2.05) is 6.92 Å². The van der Waals surface area contributed by atoms with Crippen LogP contribution in [0.15, 0.2) is 34.0 Å². The van der Waals surface area contributed by atoms with Crippen molar-refractivity contribution in [2.24, 2.45) is 0 Å². The van der Waals surface area contributed by atoms with E-state index in [9.17, 15) is 18.0 Å². The number of hydrogen-bond acceptors (Lipinski definition) is 4. The number of hydrogen-bond donors (Lipinski definition) is 1. The second-order valence-corrected chi connectivity index (χ2v) is 7.53. The van der Waals surface area contributed by atoms with Crippen LogP contribution in [0, 0.1) is 6.92 Å². The topological polar surface area (TPSA) is 89.0 Å². The maximum Gasteiger partial charge on any atom is 0.282 e. The molecule has 0 saturated carbocycles. The number of carbonyl (C=O) groups is 1. The molecule has 0 aliphatic heterocycles. The predicted molar refractivity (Wildman–Crippen MR) is 88.1 cm³/mol. The third-order valence-electron chi connectivity index (χ3n) is 3.63. The Balaban J connectivity index is 2.66. The quantitative estimate of drug-likeness (QED) is 0.819. The molecule has 0 aliphatic rings. The van der Waals surface area contributed by atoms with Crippen molar-refractivity contribution in [3.63, 3.8) is 0 Å². The molecule has 1 heterocycles. The molecule has 7 heteroatoms. The van der Waals surface area contributed by atoms with E-state index in [0.29, 0.717) is 12.1 Å². The van der Waals surface area contributed by atoms with E-state index in [1.54, 1.807) is 25.1 Å². The average molecular weight is 336 g/mol. The Bertz CT molecular complexity index is 891. The largest absolute Gasteiger partial charge is 0.295 e. The molecule has 0 fully saturated rings. The summed E-state index contributed by atoms with van der Waals surface area (Å²) in [5.41, 5.74) is 0.173. The summed E-state index contributed by atoms with van der Waals surface area (Å²) >= 11 is 0. The lowest BCUT2D eigenvalue weighted by molar-refractivity contribution is 0.101. The van der Waals surface area contributed by atoms with Gasteiger partial charge in [0.1, 0.15) is 5.56 Å². The number of aryl methyl sites for hydroxylation is 1. The number of para-hydroxylation sites is 1. The number of nitrogens with one attached hydrogen (secondary N) is 1. The number of ketones is 1. The monoisotopic (exact) mass is 336 g/mol. The van der Waals surface area contributed by atoms with E-state index in [0.717, 1.165) is 11.1 Å². The van der Waals surface area contributed by atoms with Crippen LogP contribution in [0.2, 0.25) is 0 Å². The smallest absolute Gasteiger partial charge is 0.282 e. The van der Waals surface area contributed by atoms with Crippen LogP contribution in [0.1, 0.15) is 42.7 Å². The third-order valence-corrected chi connectivity index (χ3v) is 5.47. The summed E-state index contributed by atoms with van der Waals surface area (Å²) in [6, 6.07) is 6.32.